The Kier molecular flexibility index (Phi) is 5.79. The molecule has 1 aromatic carbocycles. The minimum atomic E-state index is -0.669. The number of Topliss-reactive ketones (excluding diaryl/α,β-unsaturated/α-hetero) is 1. The Hall–Kier alpha value is -2.74. The first-order chi connectivity index (χ1) is 13.3. The minimum Gasteiger partial charge on any atom is -0.384 e. The monoisotopic (exact) mass is 388 g/mol. The van der Waals surface area contributed by atoms with Crippen molar-refractivity contribution in [2.24, 2.45) is 7.05 Å². The van der Waals surface area contributed by atoms with Crippen LogP contribution in [-0.4, -0.2) is 32.4 Å². The second kappa shape index (κ2) is 8.10. The molecule has 0 amide bonds. The summed E-state index contributed by atoms with van der Waals surface area (Å²) >= 11 is 0. The molecule has 2 aromatic rings. The molecule has 3 rings (SSSR count). The second-order valence-electron chi connectivity index (χ2n) is 7.24. The van der Waals surface area contributed by atoms with E-state index < -0.39 is 17.0 Å². The second-order valence-corrected chi connectivity index (χ2v) is 7.24. The number of anilines is 1. The normalized spacial score (nSPS) is 13.9. The summed E-state index contributed by atoms with van der Waals surface area (Å²) in [5.74, 6) is -0.790. The number of carbonyl (C=O) groups excluding carboxylic acids is 1. The fourth-order valence-corrected chi connectivity index (χ4v) is 3.33. The van der Waals surface area contributed by atoms with E-state index in [0.29, 0.717) is 19.5 Å². The molecule has 0 radical (unpaired) electrons. The van der Waals surface area contributed by atoms with Crippen molar-refractivity contribution in [1.82, 2.24) is 14.0 Å². The van der Waals surface area contributed by atoms with E-state index in [4.69, 9.17) is 5.73 Å². The fourth-order valence-electron chi connectivity index (χ4n) is 3.33. The highest BCUT2D eigenvalue weighted by molar-refractivity contribution is 6.01. The fraction of sp³-hybridized carbons (Fsp3) is 0.450. The molecule has 8 heteroatoms. The molecule has 1 aliphatic rings. The van der Waals surface area contributed by atoms with Crippen molar-refractivity contribution in [2.75, 3.05) is 12.3 Å². The van der Waals surface area contributed by atoms with Gasteiger partial charge in [-0.1, -0.05) is 19.1 Å². The summed E-state index contributed by atoms with van der Waals surface area (Å²) in [5.41, 5.74) is 5.60. The highest BCUT2D eigenvalue weighted by Gasteiger charge is 2.32. The maximum Gasteiger partial charge on any atom is 0.332 e. The van der Waals surface area contributed by atoms with Crippen LogP contribution < -0.4 is 17.0 Å². The molecule has 7 nitrogen and oxygen atoms in total. The number of nitrogen functional groups attached to an aromatic ring is 1. The van der Waals surface area contributed by atoms with Crippen LogP contribution in [0, 0.1) is 5.82 Å². The number of hydrogen-bond acceptors (Lipinski definition) is 5. The SMILES string of the molecule is CCCn1c(N)c(C(=O)CN(Cc2ccc(F)cc2)C2CC2)c(=O)n(C)c1=O. The number of ketones is 1. The third-order valence-corrected chi connectivity index (χ3v) is 5.02. The van der Waals surface area contributed by atoms with Crippen LogP contribution in [0.2, 0.25) is 0 Å². The third kappa shape index (κ3) is 4.06. The van der Waals surface area contributed by atoms with Gasteiger partial charge in [0.15, 0.2) is 5.78 Å². The van der Waals surface area contributed by atoms with E-state index in [1.165, 1.54) is 23.7 Å². The predicted octanol–water partition coefficient (Wildman–Crippen LogP) is 1.53. The van der Waals surface area contributed by atoms with E-state index in [1.807, 2.05) is 11.8 Å². The van der Waals surface area contributed by atoms with Gasteiger partial charge in [-0.25, -0.2) is 9.18 Å². The molecule has 1 aliphatic carbocycles. The van der Waals surface area contributed by atoms with Crippen LogP contribution in [0.4, 0.5) is 10.2 Å². The molecule has 1 aromatic heterocycles. The smallest absolute Gasteiger partial charge is 0.332 e. The van der Waals surface area contributed by atoms with Gasteiger partial charge in [-0.05, 0) is 37.0 Å². The first-order valence-electron chi connectivity index (χ1n) is 9.44. The zero-order valence-electron chi connectivity index (χ0n) is 16.2. The average molecular weight is 388 g/mol. The molecule has 0 atom stereocenters. The van der Waals surface area contributed by atoms with Crippen LogP contribution in [0.15, 0.2) is 33.9 Å². The number of benzene rings is 1. The van der Waals surface area contributed by atoms with E-state index in [2.05, 4.69) is 0 Å². The lowest BCUT2D eigenvalue weighted by molar-refractivity contribution is 0.0917. The number of aromatic nitrogens is 2. The Morgan fingerprint density at radius 3 is 2.46 bits per heavy atom. The summed E-state index contributed by atoms with van der Waals surface area (Å²) in [4.78, 5) is 39.8. The molecule has 0 saturated heterocycles. The van der Waals surface area contributed by atoms with Crippen molar-refractivity contribution in [2.45, 2.75) is 45.3 Å². The van der Waals surface area contributed by atoms with Gasteiger partial charge in [0.1, 0.15) is 17.2 Å². The van der Waals surface area contributed by atoms with Crippen LogP contribution >= 0.6 is 0 Å². The lowest BCUT2D eigenvalue weighted by Crippen LogP contribution is -2.44. The Morgan fingerprint density at radius 1 is 1.25 bits per heavy atom. The van der Waals surface area contributed by atoms with Crippen LogP contribution in [0.25, 0.3) is 0 Å². The van der Waals surface area contributed by atoms with Gasteiger partial charge in [0.25, 0.3) is 5.56 Å². The van der Waals surface area contributed by atoms with Crippen molar-refractivity contribution in [3.05, 3.63) is 62.0 Å². The van der Waals surface area contributed by atoms with Crippen molar-refractivity contribution < 1.29 is 9.18 Å². The lowest BCUT2D eigenvalue weighted by atomic mass is 10.1. The quantitative estimate of drug-likeness (QED) is 0.693. The molecule has 1 saturated carbocycles. The molecule has 0 unspecified atom stereocenters. The number of rotatable bonds is 8. The molecule has 0 spiro atoms. The highest BCUT2D eigenvalue weighted by atomic mass is 19.1. The van der Waals surface area contributed by atoms with Crippen molar-refractivity contribution >= 4 is 11.6 Å². The van der Waals surface area contributed by atoms with E-state index in [-0.39, 0.29) is 29.8 Å². The average Bonchev–Trinajstić information content (AvgIpc) is 3.50. The topological polar surface area (TPSA) is 90.3 Å². The maximum absolute atomic E-state index is 13.1. The number of halogens is 1. The Balaban J connectivity index is 1.89. The number of nitrogens with two attached hydrogens (primary N) is 1. The van der Waals surface area contributed by atoms with E-state index in [0.717, 1.165) is 23.0 Å². The lowest BCUT2D eigenvalue weighted by Gasteiger charge is -2.22. The molecule has 1 fully saturated rings. The molecule has 1 heterocycles. The Morgan fingerprint density at radius 2 is 1.89 bits per heavy atom. The van der Waals surface area contributed by atoms with Crippen LogP contribution in [0.3, 0.4) is 0 Å². The summed E-state index contributed by atoms with van der Waals surface area (Å²) in [6.07, 6.45) is 2.59. The van der Waals surface area contributed by atoms with Crippen molar-refractivity contribution in [1.29, 1.82) is 0 Å². The van der Waals surface area contributed by atoms with Crippen LogP contribution in [0.5, 0.6) is 0 Å². The van der Waals surface area contributed by atoms with Crippen LogP contribution in [-0.2, 0) is 20.1 Å². The first-order valence-corrected chi connectivity index (χ1v) is 9.44. The summed E-state index contributed by atoms with van der Waals surface area (Å²) in [6.45, 7) is 2.72. The summed E-state index contributed by atoms with van der Waals surface area (Å²) < 4.78 is 15.3. The molecule has 28 heavy (non-hydrogen) atoms. The van der Waals surface area contributed by atoms with Crippen LogP contribution in [0.1, 0.15) is 42.1 Å². The molecular formula is C20H25FN4O3. The Labute approximate surface area is 162 Å². The molecule has 0 bridgehead atoms. The van der Waals surface area contributed by atoms with Gasteiger partial charge in [-0.2, -0.15) is 0 Å². The van der Waals surface area contributed by atoms with Crippen molar-refractivity contribution in [3.63, 3.8) is 0 Å². The molecule has 0 aliphatic heterocycles. The first kappa shape index (κ1) is 20.0. The van der Waals surface area contributed by atoms with E-state index in [9.17, 15) is 18.8 Å². The van der Waals surface area contributed by atoms with E-state index in [1.54, 1.807) is 12.1 Å². The molecular weight excluding hydrogens is 363 g/mol. The zero-order valence-corrected chi connectivity index (χ0v) is 16.2. The van der Waals surface area contributed by atoms with Gasteiger partial charge >= 0.3 is 5.69 Å². The highest BCUT2D eigenvalue weighted by Crippen LogP contribution is 2.28. The van der Waals surface area contributed by atoms with Gasteiger partial charge in [0.2, 0.25) is 0 Å². The number of nitrogens with zero attached hydrogens (tertiary/aromatic N) is 3. The number of hydrogen-bond donors (Lipinski definition) is 1. The predicted molar refractivity (Wildman–Crippen MR) is 105 cm³/mol. The molecule has 2 N–H and O–H groups in total. The van der Waals surface area contributed by atoms with Gasteiger partial charge in [0.05, 0.1) is 6.54 Å². The van der Waals surface area contributed by atoms with Gasteiger partial charge in [0, 0.05) is 26.2 Å². The summed E-state index contributed by atoms with van der Waals surface area (Å²) in [5, 5.41) is 0. The summed E-state index contributed by atoms with van der Waals surface area (Å²) in [7, 11) is 1.35. The summed E-state index contributed by atoms with van der Waals surface area (Å²) in [6, 6.07) is 6.39. The standard InChI is InChI=1S/C20H25FN4O3/c1-3-10-25-18(22)17(19(27)23(2)20(25)28)16(26)12-24(15-8-9-15)11-13-4-6-14(21)7-5-13/h4-7,15H,3,8-12,22H2,1-2H3. The molecule has 150 valence electrons. The minimum absolute atomic E-state index is 0.0197. The largest absolute Gasteiger partial charge is 0.384 e. The van der Waals surface area contributed by atoms with Crippen molar-refractivity contribution in [3.8, 4) is 0 Å². The van der Waals surface area contributed by atoms with Gasteiger partial charge < -0.3 is 5.73 Å². The Bertz CT molecular complexity index is 990. The maximum atomic E-state index is 13.1. The van der Waals surface area contributed by atoms with E-state index >= 15 is 0 Å². The third-order valence-electron chi connectivity index (χ3n) is 5.02. The van der Waals surface area contributed by atoms with Gasteiger partial charge in [-0.15, -0.1) is 0 Å². The number of carbonyl (C=O) groups is 1. The van der Waals surface area contributed by atoms with Gasteiger partial charge in [-0.3, -0.25) is 23.6 Å². The zero-order chi connectivity index (χ0) is 20.4.